The topological polar surface area (TPSA) is 83.6 Å². The molecule has 0 saturated heterocycles. The zero-order valence-electron chi connectivity index (χ0n) is 15.1. The van der Waals surface area contributed by atoms with Crippen molar-refractivity contribution in [3.05, 3.63) is 65.7 Å². The first kappa shape index (κ1) is 19.1. The zero-order valence-corrected chi connectivity index (χ0v) is 15.9. The van der Waals surface area contributed by atoms with Gasteiger partial charge in [0.2, 0.25) is 5.91 Å². The number of benzene rings is 2. The number of carbonyl (C=O) groups is 2. The van der Waals surface area contributed by atoms with Gasteiger partial charge in [-0.3, -0.25) is 9.59 Å². The molecule has 2 aromatic rings. The number of aryl methyl sites for hydroxylation is 1. The third-order valence-electron chi connectivity index (χ3n) is 4.57. The highest BCUT2D eigenvalue weighted by Crippen LogP contribution is 2.29. The Labute approximate surface area is 159 Å². The number of hydrogen-bond acceptors (Lipinski definition) is 4. The van der Waals surface area contributed by atoms with Gasteiger partial charge in [-0.25, -0.2) is 12.7 Å². The van der Waals surface area contributed by atoms with Gasteiger partial charge in [0.15, 0.2) is 0 Å². The highest BCUT2D eigenvalue weighted by molar-refractivity contribution is 7.90. The van der Waals surface area contributed by atoms with Gasteiger partial charge in [0.1, 0.15) is 4.90 Å². The van der Waals surface area contributed by atoms with Crippen molar-refractivity contribution in [2.24, 2.45) is 0 Å². The lowest BCUT2D eigenvalue weighted by Crippen LogP contribution is -2.37. The Morgan fingerprint density at radius 3 is 2.44 bits per heavy atom. The lowest BCUT2D eigenvalue weighted by Gasteiger charge is -2.17. The molecule has 3 rings (SSSR count). The summed E-state index contributed by atoms with van der Waals surface area (Å²) >= 11 is 0. The van der Waals surface area contributed by atoms with E-state index in [-0.39, 0.29) is 35.4 Å². The zero-order chi connectivity index (χ0) is 19.4. The molecule has 6 nitrogen and oxygen atoms in total. The lowest BCUT2D eigenvalue weighted by molar-refractivity contribution is -0.121. The molecule has 0 aromatic heterocycles. The first-order chi connectivity index (χ1) is 12.9. The maximum absolute atomic E-state index is 12.5. The summed E-state index contributed by atoms with van der Waals surface area (Å²) in [5, 5.41) is 2.87. The molecular formula is C20H22N2O4S. The molecule has 1 N–H and O–H groups in total. The van der Waals surface area contributed by atoms with Crippen molar-refractivity contribution in [1.29, 1.82) is 0 Å². The van der Waals surface area contributed by atoms with Crippen molar-refractivity contribution in [3.8, 4) is 0 Å². The van der Waals surface area contributed by atoms with Crippen molar-refractivity contribution in [2.75, 3.05) is 6.54 Å². The maximum atomic E-state index is 12.5. The van der Waals surface area contributed by atoms with Crippen LogP contribution in [-0.4, -0.2) is 37.1 Å². The molecule has 7 heteroatoms. The largest absolute Gasteiger partial charge is 0.354 e. The predicted molar refractivity (Wildman–Crippen MR) is 102 cm³/mol. The van der Waals surface area contributed by atoms with Crippen molar-refractivity contribution < 1.29 is 18.0 Å². The molecule has 2 amide bonds. The summed E-state index contributed by atoms with van der Waals surface area (Å²) in [5.41, 5.74) is 1.36. The van der Waals surface area contributed by atoms with Crippen LogP contribution in [0.4, 0.5) is 0 Å². The molecule has 0 aliphatic carbocycles. The second-order valence-corrected chi connectivity index (χ2v) is 8.45. The lowest BCUT2D eigenvalue weighted by atomic mass is 10.1. The number of amides is 2. The van der Waals surface area contributed by atoms with Gasteiger partial charge >= 0.3 is 0 Å². The van der Waals surface area contributed by atoms with E-state index >= 15 is 0 Å². The monoisotopic (exact) mass is 386 g/mol. The summed E-state index contributed by atoms with van der Waals surface area (Å²) in [6.45, 7) is 1.75. The van der Waals surface area contributed by atoms with E-state index in [2.05, 4.69) is 5.32 Å². The minimum atomic E-state index is -3.86. The second kappa shape index (κ2) is 7.92. The SMILES string of the molecule is C[C@H](CCc1ccccc1)NC(=O)CCN1C(=O)c2ccccc2S1(=O)=O. The van der Waals surface area contributed by atoms with Crippen LogP contribution in [0.25, 0.3) is 0 Å². The first-order valence-electron chi connectivity index (χ1n) is 8.89. The number of nitrogens with zero attached hydrogens (tertiary/aromatic N) is 1. The Hall–Kier alpha value is -2.67. The highest BCUT2D eigenvalue weighted by Gasteiger charge is 2.40. The second-order valence-electron chi connectivity index (χ2n) is 6.62. The molecule has 0 unspecified atom stereocenters. The van der Waals surface area contributed by atoms with Crippen molar-refractivity contribution in [2.45, 2.75) is 37.1 Å². The summed E-state index contributed by atoms with van der Waals surface area (Å²) in [6, 6.07) is 16.0. The Balaban J connectivity index is 1.51. The highest BCUT2D eigenvalue weighted by atomic mass is 32.2. The number of fused-ring (bicyclic) bond motifs is 1. The fourth-order valence-electron chi connectivity index (χ4n) is 3.10. The average Bonchev–Trinajstić information content (AvgIpc) is 2.85. The van der Waals surface area contributed by atoms with Crippen LogP contribution in [0, 0.1) is 0 Å². The number of rotatable bonds is 7. The summed E-state index contributed by atoms with van der Waals surface area (Å²) in [7, 11) is -3.86. The predicted octanol–water partition coefficient (Wildman–Crippen LogP) is 2.36. The van der Waals surface area contributed by atoms with Crippen molar-refractivity contribution >= 4 is 21.8 Å². The van der Waals surface area contributed by atoms with Gasteiger partial charge in [-0.2, -0.15) is 0 Å². The fraction of sp³-hybridized carbons (Fsp3) is 0.300. The van der Waals surface area contributed by atoms with E-state index in [0.717, 1.165) is 17.1 Å². The molecular weight excluding hydrogens is 364 g/mol. The van der Waals surface area contributed by atoms with Crippen LogP contribution in [0.15, 0.2) is 59.5 Å². The van der Waals surface area contributed by atoms with Gasteiger partial charge in [0, 0.05) is 19.0 Å². The van der Waals surface area contributed by atoms with E-state index in [1.165, 1.54) is 17.7 Å². The van der Waals surface area contributed by atoms with E-state index in [0.29, 0.717) is 0 Å². The molecule has 1 aliphatic rings. The standard InChI is InChI=1S/C20H22N2O4S/c1-15(11-12-16-7-3-2-4-8-16)21-19(23)13-14-22-20(24)17-9-5-6-10-18(17)27(22,25)26/h2-10,15H,11-14H2,1H3,(H,21,23)/t15-/m1/s1. The van der Waals surface area contributed by atoms with E-state index in [9.17, 15) is 18.0 Å². The van der Waals surface area contributed by atoms with Gasteiger partial charge in [-0.1, -0.05) is 42.5 Å². The molecule has 0 fully saturated rings. The van der Waals surface area contributed by atoms with Crippen LogP contribution in [0.3, 0.4) is 0 Å². The van der Waals surface area contributed by atoms with Crippen LogP contribution in [0.2, 0.25) is 0 Å². The summed E-state index contributed by atoms with van der Waals surface area (Å²) in [6.07, 6.45) is 1.56. The Kier molecular flexibility index (Phi) is 5.60. The molecule has 1 aliphatic heterocycles. The third-order valence-corrected chi connectivity index (χ3v) is 6.41. The summed E-state index contributed by atoms with van der Waals surface area (Å²) < 4.78 is 25.7. The molecule has 142 valence electrons. The third kappa shape index (κ3) is 4.19. The molecule has 27 heavy (non-hydrogen) atoms. The van der Waals surface area contributed by atoms with Gasteiger partial charge < -0.3 is 5.32 Å². The molecule has 0 spiro atoms. The first-order valence-corrected chi connectivity index (χ1v) is 10.3. The average molecular weight is 386 g/mol. The Morgan fingerprint density at radius 2 is 1.74 bits per heavy atom. The van der Waals surface area contributed by atoms with E-state index in [1.807, 2.05) is 37.3 Å². The van der Waals surface area contributed by atoms with Crippen LogP contribution in [-0.2, 0) is 21.2 Å². The molecule has 0 radical (unpaired) electrons. The van der Waals surface area contributed by atoms with Gasteiger partial charge in [-0.05, 0) is 37.5 Å². The minimum absolute atomic E-state index is 0.00615. The quantitative estimate of drug-likeness (QED) is 0.792. The normalized spacial score (nSPS) is 16.0. The van der Waals surface area contributed by atoms with Gasteiger partial charge in [0.05, 0.1) is 5.56 Å². The number of hydrogen-bond donors (Lipinski definition) is 1. The Bertz CT molecular complexity index is 941. The van der Waals surface area contributed by atoms with E-state index in [4.69, 9.17) is 0 Å². The van der Waals surface area contributed by atoms with Crippen molar-refractivity contribution in [3.63, 3.8) is 0 Å². The molecule has 0 bridgehead atoms. The van der Waals surface area contributed by atoms with Gasteiger partial charge in [-0.15, -0.1) is 0 Å². The summed E-state index contributed by atoms with van der Waals surface area (Å²) in [5.74, 6) is -0.843. The van der Waals surface area contributed by atoms with Crippen LogP contribution >= 0.6 is 0 Å². The smallest absolute Gasteiger partial charge is 0.269 e. The molecule has 2 aromatic carbocycles. The molecule has 0 saturated carbocycles. The minimum Gasteiger partial charge on any atom is -0.354 e. The molecule has 1 heterocycles. The van der Waals surface area contributed by atoms with Crippen LogP contribution in [0.1, 0.15) is 35.7 Å². The molecule has 1 atom stereocenters. The van der Waals surface area contributed by atoms with Crippen LogP contribution in [0.5, 0.6) is 0 Å². The van der Waals surface area contributed by atoms with Gasteiger partial charge in [0.25, 0.3) is 15.9 Å². The van der Waals surface area contributed by atoms with E-state index in [1.54, 1.807) is 12.1 Å². The number of carbonyl (C=O) groups excluding carboxylic acids is 2. The Morgan fingerprint density at radius 1 is 1.07 bits per heavy atom. The summed E-state index contributed by atoms with van der Waals surface area (Å²) in [4.78, 5) is 24.5. The van der Waals surface area contributed by atoms with Crippen molar-refractivity contribution in [1.82, 2.24) is 9.62 Å². The fourth-order valence-corrected chi connectivity index (χ4v) is 4.67. The number of nitrogens with one attached hydrogen (secondary N) is 1. The number of sulfonamides is 1. The maximum Gasteiger partial charge on any atom is 0.269 e. The van der Waals surface area contributed by atoms with Crippen LogP contribution < -0.4 is 5.32 Å². The van der Waals surface area contributed by atoms with E-state index < -0.39 is 15.9 Å².